The first-order valence-electron chi connectivity index (χ1n) is 5.83. The van der Waals surface area contributed by atoms with Gasteiger partial charge in [0.15, 0.2) is 0 Å². The molecular formula is C13H17NO3. The van der Waals surface area contributed by atoms with Crippen molar-refractivity contribution >= 4 is 11.7 Å². The van der Waals surface area contributed by atoms with Crippen LogP contribution in [0, 0.1) is 0 Å². The molecule has 0 aliphatic carbocycles. The lowest BCUT2D eigenvalue weighted by molar-refractivity contribution is -0.142. The van der Waals surface area contributed by atoms with Crippen LogP contribution in [-0.4, -0.2) is 34.9 Å². The van der Waals surface area contributed by atoms with Gasteiger partial charge in [-0.05, 0) is 25.0 Å². The van der Waals surface area contributed by atoms with E-state index in [0.717, 1.165) is 18.7 Å². The number of hydrogen-bond acceptors (Lipinski definition) is 3. The Morgan fingerprint density at radius 3 is 2.71 bits per heavy atom. The molecule has 0 bridgehead atoms. The van der Waals surface area contributed by atoms with Crippen LogP contribution >= 0.6 is 0 Å². The molecule has 0 saturated carbocycles. The van der Waals surface area contributed by atoms with Crippen molar-refractivity contribution in [3.05, 3.63) is 30.3 Å². The van der Waals surface area contributed by atoms with Crippen molar-refractivity contribution in [1.29, 1.82) is 0 Å². The quantitative estimate of drug-likeness (QED) is 0.833. The summed E-state index contributed by atoms with van der Waals surface area (Å²) in [6.45, 7) is 1.26. The lowest BCUT2D eigenvalue weighted by Crippen LogP contribution is -2.49. The Balaban J connectivity index is 2.09. The molecule has 1 saturated heterocycles. The van der Waals surface area contributed by atoms with Crippen LogP contribution in [0.1, 0.15) is 19.3 Å². The van der Waals surface area contributed by atoms with Crippen LogP contribution in [0.25, 0.3) is 0 Å². The zero-order chi connectivity index (χ0) is 12.3. The Bertz CT molecular complexity index is 393. The molecule has 4 nitrogen and oxygen atoms in total. The van der Waals surface area contributed by atoms with E-state index in [1.807, 2.05) is 35.2 Å². The topological polar surface area (TPSA) is 60.8 Å². The number of aliphatic carboxylic acids is 1. The average Bonchev–Trinajstić information content (AvgIpc) is 2.28. The first kappa shape index (κ1) is 11.9. The maximum absolute atomic E-state index is 10.7. The molecule has 1 heterocycles. The first-order chi connectivity index (χ1) is 8.09. The van der Waals surface area contributed by atoms with Gasteiger partial charge < -0.3 is 15.1 Å². The van der Waals surface area contributed by atoms with Crippen LogP contribution in [0.5, 0.6) is 0 Å². The molecule has 0 aromatic heterocycles. The lowest BCUT2D eigenvalue weighted by atomic mass is 9.89. The number of hydrogen-bond donors (Lipinski definition) is 2. The minimum absolute atomic E-state index is 0.184. The fourth-order valence-electron chi connectivity index (χ4n) is 2.40. The Hall–Kier alpha value is -1.55. The molecule has 0 spiro atoms. The molecule has 4 heteroatoms. The van der Waals surface area contributed by atoms with E-state index in [0.29, 0.717) is 13.0 Å². The van der Waals surface area contributed by atoms with Crippen LogP contribution in [-0.2, 0) is 4.79 Å². The van der Waals surface area contributed by atoms with Gasteiger partial charge in [-0.15, -0.1) is 0 Å². The van der Waals surface area contributed by atoms with E-state index in [2.05, 4.69) is 0 Å². The number of para-hydroxylation sites is 1. The Morgan fingerprint density at radius 1 is 1.35 bits per heavy atom. The van der Waals surface area contributed by atoms with E-state index in [1.165, 1.54) is 0 Å². The summed E-state index contributed by atoms with van der Waals surface area (Å²) in [5.41, 5.74) is -0.0593. The predicted octanol–water partition coefficient (Wildman–Crippen LogP) is 1.49. The van der Waals surface area contributed by atoms with Crippen molar-refractivity contribution in [2.75, 3.05) is 18.0 Å². The van der Waals surface area contributed by atoms with Gasteiger partial charge >= 0.3 is 5.97 Å². The largest absolute Gasteiger partial charge is 0.481 e. The van der Waals surface area contributed by atoms with Gasteiger partial charge in [0.05, 0.1) is 12.0 Å². The number of nitrogens with zero attached hydrogens (tertiary/aromatic N) is 1. The summed E-state index contributed by atoms with van der Waals surface area (Å²) in [7, 11) is 0. The summed E-state index contributed by atoms with van der Waals surface area (Å²) in [4.78, 5) is 12.8. The van der Waals surface area contributed by atoms with Crippen molar-refractivity contribution in [3.8, 4) is 0 Å². The lowest BCUT2D eigenvalue weighted by Gasteiger charge is -2.39. The van der Waals surface area contributed by atoms with Gasteiger partial charge in [-0.3, -0.25) is 4.79 Å². The summed E-state index contributed by atoms with van der Waals surface area (Å²) in [6, 6.07) is 9.79. The second-order valence-corrected chi connectivity index (χ2v) is 4.66. The van der Waals surface area contributed by atoms with Gasteiger partial charge in [0.2, 0.25) is 0 Å². The van der Waals surface area contributed by atoms with Gasteiger partial charge in [0, 0.05) is 18.8 Å². The summed E-state index contributed by atoms with van der Waals surface area (Å²) in [6.07, 6.45) is 1.19. The standard InChI is InChI=1S/C13H17NO3/c15-12(16)9-13(17)7-4-8-14(10-13)11-5-2-1-3-6-11/h1-3,5-6,17H,4,7-10H2,(H,15,16). The second-order valence-electron chi connectivity index (χ2n) is 4.66. The van der Waals surface area contributed by atoms with Crippen molar-refractivity contribution in [1.82, 2.24) is 0 Å². The molecule has 2 N–H and O–H groups in total. The van der Waals surface area contributed by atoms with Crippen LogP contribution in [0.2, 0.25) is 0 Å². The third kappa shape index (κ3) is 2.97. The summed E-state index contributed by atoms with van der Waals surface area (Å²) in [5.74, 6) is -0.942. The molecule has 1 aromatic carbocycles. The van der Waals surface area contributed by atoms with Crippen molar-refractivity contribution in [3.63, 3.8) is 0 Å². The number of β-amino-alcohol motifs (C(OH)–C–C–N with tert-alkyl or cyclic N) is 1. The number of rotatable bonds is 3. The second kappa shape index (κ2) is 4.75. The number of anilines is 1. The number of carboxylic acids is 1. The molecule has 17 heavy (non-hydrogen) atoms. The third-order valence-electron chi connectivity index (χ3n) is 3.16. The smallest absolute Gasteiger partial charge is 0.306 e. The summed E-state index contributed by atoms with van der Waals surface area (Å²) in [5, 5.41) is 19.1. The number of aliphatic hydroxyl groups is 1. The SMILES string of the molecule is O=C(O)CC1(O)CCCN(c2ccccc2)C1. The monoisotopic (exact) mass is 235 g/mol. The molecule has 0 amide bonds. The average molecular weight is 235 g/mol. The highest BCUT2D eigenvalue weighted by molar-refractivity contribution is 5.68. The van der Waals surface area contributed by atoms with Gasteiger partial charge in [-0.2, -0.15) is 0 Å². The molecule has 1 atom stereocenters. The van der Waals surface area contributed by atoms with Crippen molar-refractivity contribution < 1.29 is 15.0 Å². The van der Waals surface area contributed by atoms with Crippen LogP contribution in [0.3, 0.4) is 0 Å². The number of carbonyl (C=O) groups is 1. The summed E-state index contributed by atoms with van der Waals surface area (Å²) >= 11 is 0. The fourth-order valence-corrected chi connectivity index (χ4v) is 2.40. The van der Waals surface area contributed by atoms with E-state index in [4.69, 9.17) is 5.11 Å². The van der Waals surface area contributed by atoms with Gasteiger partial charge in [0.25, 0.3) is 0 Å². The number of carboxylic acid groups (broad SMARTS) is 1. The van der Waals surface area contributed by atoms with Gasteiger partial charge in [-0.1, -0.05) is 18.2 Å². The zero-order valence-electron chi connectivity index (χ0n) is 9.67. The Kier molecular flexibility index (Phi) is 3.33. The minimum atomic E-state index is -1.10. The maximum Gasteiger partial charge on any atom is 0.306 e. The summed E-state index contributed by atoms with van der Waals surface area (Å²) < 4.78 is 0. The molecule has 2 rings (SSSR count). The fraction of sp³-hybridized carbons (Fsp3) is 0.462. The molecule has 1 fully saturated rings. The minimum Gasteiger partial charge on any atom is -0.481 e. The van der Waals surface area contributed by atoms with Crippen LogP contribution < -0.4 is 4.90 Å². The third-order valence-corrected chi connectivity index (χ3v) is 3.16. The molecule has 1 aliphatic heterocycles. The van der Waals surface area contributed by atoms with Crippen molar-refractivity contribution in [2.45, 2.75) is 24.9 Å². The highest BCUT2D eigenvalue weighted by Gasteiger charge is 2.35. The Morgan fingerprint density at radius 2 is 2.06 bits per heavy atom. The molecule has 1 unspecified atom stereocenters. The van der Waals surface area contributed by atoms with E-state index in [-0.39, 0.29) is 6.42 Å². The van der Waals surface area contributed by atoms with Gasteiger partial charge in [-0.25, -0.2) is 0 Å². The number of piperidine rings is 1. The molecule has 92 valence electrons. The van der Waals surface area contributed by atoms with E-state index in [9.17, 15) is 9.90 Å². The Labute approximate surface area is 100 Å². The van der Waals surface area contributed by atoms with Crippen molar-refractivity contribution in [2.24, 2.45) is 0 Å². The molecule has 0 radical (unpaired) electrons. The number of benzene rings is 1. The normalized spacial score (nSPS) is 24.6. The molecular weight excluding hydrogens is 218 g/mol. The maximum atomic E-state index is 10.7. The predicted molar refractivity (Wildman–Crippen MR) is 65.1 cm³/mol. The van der Waals surface area contributed by atoms with E-state index < -0.39 is 11.6 Å². The van der Waals surface area contributed by atoms with Crippen LogP contribution in [0.15, 0.2) is 30.3 Å². The van der Waals surface area contributed by atoms with E-state index in [1.54, 1.807) is 0 Å². The van der Waals surface area contributed by atoms with Gasteiger partial charge in [0.1, 0.15) is 0 Å². The highest BCUT2D eigenvalue weighted by Crippen LogP contribution is 2.28. The zero-order valence-corrected chi connectivity index (χ0v) is 9.67. The van der Waals surface area contributed by atoms with E-state index >= 15 is 0 Å². The highest BCUT2D eigenvalue weighted by atomic mass is 16.4. The first-order valence-corrected chi connectivity index (χ1v) is 5.83. The van der Waals surface area contributed by atoms with Crippen LogP contribution in [0.4, 0.5) is 5.69 Å². The molecule has 1 aliphatic rings. The molecule has 1 aromatic rings.